The number of fused-ring (bicyclic) bond motifs is 6. The topological polar surface area (TPSA) is 9.86 Å². The van der Waals surface area contributed by atoms with Crippen LogP contribution in [0.5, 0.6) is 0 Å². The number of hydrogen-bond acceptors (Lipinski definition) is 0. The minimum Gasteiger partial charge on any atom is -0.309 e. The molecule has 0 aliphatic heterocycles. The maximum atomic E-state index is 3.71. The number of benzene rings is 7. The van der Waals surface area contributed by atoms with Crippen LogP contribution in [0.4, 0.5) is 0 Å². The molecule has 212 valence electrons. The zero-order valence-electron chi connectivity index (χ0n) is 24.4. The highest BCUT2D eigenvalue weighted by Gasteiger charge is 2.16. The van der Waals surface area contributed by atoms with Crippen LogP contribution in [-0.2, 0) is 0 Å². The molecule has 0 bridgehead atoms. The van der Waals surface area contributed by atoms with Crippen LogP contribution >= 0.6 is 15.9 Å². The highest BCUT2D eigenvalue weighted by Crippen LogP contribution is 2.38. The number of halogens is 1. The zero-order chi connectivity index (χ0) is 29.9. The minimum atomic E-state index is 1.10. The fraction of sp³-hybridized carbons (Fsp3) is 0. The van der Waals surface area contributed by atoms with Gasteiger partial charge in [0.2, 0.25) is 0 Å². The monoisotopic (exact) mass is 638 g/mol. The van der Waals surface area contributed by atoms with E-state index in [9.17, 15) is 0 Å². The van der Waals surface area contributed by atoms with Crippen LogP contribution in [0.15, 0.2) is 168 Å². The smallest absolute Gasteiger partial charge is 0.0541 e. The molecule has 0 atom stereocenters. The predicted octanol–water partition coefficient (Wildman–Crippen LogP) is 12.0. The van der Waals surface area contributed by atoms with E-state index in [4.69, 9.17) is 0 Å². The highest BCUT2D eigenvalue weighted by molar-refractivity contribution is 9.10. The molecule has 0 spiro atoms. The van der Waals surface area contributed by atoms with E-state index in [2.05, 4.69) is 189 Å². The number of para-hydroxylation sites is 3. The summed E-state index contributed by atoms with van der Waals surface area (Å²) < 4.78 is 5.85. The Morgan fingerprint density at radius 2 is 0.778 bits per heavy atom. The van der Waals surface area contributed by atoms with Gasteiger partial charge < -0.3 is 9.13 Å². The molecule has 3 heteroatoms. The lowest BCUT2D eigenvalue weighted by Crippen LogP contribution is -1.94. The van der Waals surface area contributed by atoms with Crippen molar-refractivity contribution < 1.29 is 0 Å². The molecule has 0 saturated carbocycles. The third kappa shape index (κ3) is 4.16. The van der Waals surface area contributed by atoms with Crippen molar-refractivity contribution in [3.63, 3.8) is 0 Å². The Balaban J connectivity index is 1.20. The summed E-state index contributed by atoms with van der Waals surface area (Å²) in [7, 11) is 0. The Labute approximate surface area is 269 Å². The average molecular weight is 640 g/mol. The summed E-state index contributed by atoms with van der Waals surface area (Å²) in [5.41, 5.74) is 12.0. The standard InChI is InChI=1S/C42H27BrN2/c43-38-15-7-4-12-33(38)28-18-22-32(23-19-28)45-40-17-9-6-14-35(40)37-27-30(21-25-42(37)45)29-20-24-41-36(26-29)34-13-5-8-16-39(34)44(41)31-10-2-1-3-11-31/h1-27H. The average Bonchev–Trinajstić information content (AvgIpc) is 3.61. The molecule has 9 rings (SSSR count). The van der Waals surface area contributed by atoms with Crippen molar-refractivity contribution in [3.8, 4) is 33.6 Å². The molecule has 2 heterocycles. The Kier molecular flexibility index (Phi) is 6.00. The Hall–Kier alpha value is -5.38. The van der Waals surface area contributed by atoms with Crippen molar-refractivity contribution in [2.75, 3.05) is 0 Å². The van der Waals surface area contributed by atoms with Gasteiger partial charge in [-0.25, -0.2) is 0 Å². The molecule has 9 aromatic rings. The largest absolute Gasteiger partial charge is 0.309 e. The van der Waals surface area contributed by atoms with Gasteiger partial charge in [-0.2, -0.15) is 0 Å². The van der Waals surface area contributed by atoms with Crippen molar-refractivity contribution in [3.05, 3.63) is 168 Å². The van der Waals surface area contributed by atoms with E-state index < -0.39 is 0 Å². The van der Waals surface area contributed by atoms with Crippen LogP contribution < -0.4 is 0 Å². The summed E-state index contributed by atoms with van der Waals surface area (Å²) in [5, 5.41) is 5.04. The summed E-state index contributed by atoms with van der Waals surface area (Å²) in [6.45, 7) is 0. The van der Waals surface area contributed by atoms with Gasteiger partial charge in [0, 0.05) is 37.4 Å². The van der Waals surface area contributed by atoms with E-state index in [0.717, 1.165) is 10.2 Å². The molecule has 2 nitrogen and oxygen atoms in total. The second-order valence-corrected chi connectivity index (χ2v) is 12.4. The van der Waals surface area contributed by atoms with Gasteiger partial charge in [0.05, 0.1) is 22.1 Å². The van der Waals surface area contributed by atoms with E-state index in [-0.39, 0.29) is 0 Å². The molecule has 2 aromatic heterocycles. The summed E-state index contributed by atoms with van der Waals surface area (Å²) >= 11 is 3.71. The van der Waals surface area contributed by atoms with Crippen LogP contribution in [0.1, 0.15) is 0 Å². The maximum Gasteiger partial charge on any atom is 0.0541 e. The molecule has 0 aliphatic carbocycles. The normalized spacial score (nSPS) is 11.7. The minimum absolute atomic E-state index is 1.10. The third-order valence-corrected chi connectivity index (χ3v) is 9.69. The van der Waals surface area contributed by atoms with Crippen LogP contribution in [0.3, 0.4) is 0 Å². The summed E-state index contributed by atoms with van der Waals surface area (Å²) in [4.78, 5) is 0. The maximum absolute atomic E-state index is 3.71. The predicted molar refractivity (Wildman–Crippen MR) is 194 cm³/mol. The first kappa shape index (κ1) is 26.1. The van der Waals surface area contributed by atoms with E-state index in [0.29, 0.717) is 0 Å². The second kappa shape index (κ2) is 10.4. The Morgan fingerprint density at radius 1 is 0.333 bits per heavy atom. The van der Waals surface area contributed by atoms with Crippen LogP contribution in [0.2, 0.25) is 0 Å². The van der Waals surface area contributed by atoms with E-state index in [1.165, 1.54) is 71.6 Å². The van der Waals surface area contributed by atoms with Crippen LogP contribution in [-0.4, -0.2) is 9.13 Å². The molecule has 0 N–H and O–H groups in total. The molecule has 0 fully saturated rings. The van der Waals surface area contributed by atoms with Gasteiger partial charge in [-0.15, -0.1) is 0 Å². The summed E-state index contributed by atoms with van der Waals surface area (Å²) in [6.07, 6.45) is 0. The van der Waals surface area contributed by atoms with Crippen molar-refractivity contribution in [1.82, 2.24) is 9.13 Å². The number of nitrogens with zero attached hydrogens (tertiary/aromatic N) is 2. The lowest BCUT2D eigenvalue weighted by Gasteiger charge is -2.11. The molecule has 0 radical (unpaired) electrons. The van der Waals surface area contributed by atoms with Crippen LogP contribution in [0.25, 0.3) is 77.2 Å². The lowest BCUT2D eigenvalue weighted by molar-refractivity contribution is 1.18. The quantitative estimate of drug-likeness (QED) is 0.181. The number of hydrogen-bond donors (Lipinski definition) is 0. The number of aromatic nitrogens is 2. The first-order valence-corrected chi connectivity index (χ1v) is 16.0. The van der Waals surface area contributed by atoms with Gasteiger partial charge in [-0.3, -0.25) is 0 Å². The van der Waals surface area contributed by atoms with Crippen LogP contribution in [0, 0.1) is 0 Å². The molecule has 45 heavy (non-hydrogen) atoms. The van der Waals surface area contributed by atoms with Gasteiger partial charge in [-0.1, -0.05) is 113 Å². The SMILES string of the molecule is Brc1ccccc1-c1ccc(-n2c3ccccc3c3cc(-c4ccc5c(c4)c4ccccc4n5-c4ccccc4)ccc32)cc1. The fourth-order valence-electron chi connectivity index (χ4n) is 6.92. The van der Waals surface area contributed by atoms with Gasteiger partial charge >= 0.3 is 0 Å². The number of rotatable bonds is 4. The molecular formula is C42H27BrN2. The molecule has 0 saturated heterocycles. The van der Waals surface area contributed by atoms with Gasteiger partial charge in [0.1, 0.15) is 0 Å². The first-order valence-electron chi connectivity index (χ1n) is 15.2. The van der Waals surface area contributed by atoms with E-state index in [1.807, 2.05) is 0 Å². The Bertz CT molecular complexity index is 2540. The lowest BCUT2D eigenvalue weighted by atomic mass is 10.0. The molecule has 0 unspecified atom stereocenters. The van der Waals surface area contributed by atoms with E-state index in [1.54, 1.807) is 0 Å². The molecule has 0 amide bonds. The van der Waals surface area contributed by atoms with Crippen molar-refractivity contribution in [2.45, 2.75) is 0 Å². The molecule has 7 aromatic carbocycles. The van der Waals surface area contributed by atoms with Gasteiger partial charge in [0.15, 0.2) is 0 Å². The van der Waals surface area contributed by atoms with Gasteiger partial charge in [-0.05, 0) is 89.0 Å². The second-order valence-electron chi connectivity index (χ2n) is 11.5. The Morgan fingerprint density at radius 3 is 1.36 bits per heavy atom. The first-order chi connectivity index (χ1) is 22.2. The van der Waals surface area contributed by atoms with Crippen molar-refractivity contribution in [1.29, 1.82) is 0 Å². The van der Waals surface area contributed by atoms with Gasteiger partial charge in [0.25, 0.3) is 0 Å². The molecular weight excluding hydrogens is 612 g/mol. The third-order valence-electron chi connectivity index (χ3n) is 9.00. The van der Waals surface area contributed by atoms with E-state index >= 15 is 0 Å². The van der Waals surface area contributed by atoms with Crippen molar-refractivity contribution >= 4 is 59.5 Å². The summed E-state index contributed by atoms with van der Waals surface area (Å²) in [5.74, 6) is 0. The zero-order valence-corrected chi connectivity index (χ0v) is 25.9. The molecule has 0 aliphatic rings. The summed E-state index contributed by atoms with van der Waals surface area (Å²) in [6, 6.07) is 59.1. The highest BCUT2D eigenvalue weighted by atomic mass is 79.9. The fourth-order valence-corrected chi connectivity index (χ4v) is 7.44. The van der Waals surface area contributed by atoms with Crippen molar-refractivity contribution in [2.24, 2.45) is 0 Å².